The molecule has 168 valence electrons. The predicted octanol–water partition coefficient (Wildman–Crippen LogP) is 1.59. The molecule has 0 fully saturated rings. The van der Waals surface area contributed by atoms with Crippen molar-refractivity contribution in [1.29, 1.82) is 0 Å². The van der Waals surface area contributed by atoms with Crippen LogP contribution in [-0.2, 0) is 20.4 Å². The summed E-state index contributed by atoms with van der Waals surface area (Å²) in [5, 5.41) is 0. The minimum atomic E-state index is -2.13. The summed E-state index contributed by atoms with van der Waals surface area (Å²) in [5.74, 6) is -0.988. The number of hydrogen-bond donors (Lipinski definition) is 0. The van der Waals surface area contributed by atoms with Crippen LogP contribution in [0.1, 0.15) is 48.0 Å². The summed E-state index contributed by atoms with van der Waals surface area (Å²) >= 11 is -2.13. The Morgan fingerprint density at radius 2 is 1.47 bits per heavy atom. The van der Waals surface area contributed by atoms with Gasteiger partial charge in [-0.3, -0.25) is 0 Å². The zero-order chi connectivity index (χ0) is 21.7. The quantitative estimate of drug-likeness (QED) is 0.494. The molecule has 2 aliphatic rings. The third-order valence-electron chi connectivity index (χ3n) is 6.94. The first-order valence-electron chi connectivity index (χ1n) is 10.6. The Hall–Kier alpha value is -0.800. The van der Waals surface area contributed by atoms with Gasteiger partial charge in [0.2, 0.25) is 0 Å². The molecule has 0 saturated heterocycles. The summed E-state index contributed by atoms with van der Waals surface area (Å²) in [7, 11) is 0. The van der Waals surface area contributed by atoms with Crippen molar-refractivity contribution in [2.45, 2.75) is 44.4 Å². The van der Waals surface area contributed by atoms with Gasteiger partial charge in [-0.1, -0.05) is 0 Å². The van der Waals surface area contributed by atoms with Crippen LogP contribution < -0.4 is 24.8 Å². The van der Waals surface area contributed by atoms with Crippen molar-refractivity contribution in [1.82, 2.24) is 0 Å². The van der Waals surface area contributed by atoms with Crippen LogP contribution in [0, 0.1) is 17.6 Å². The molecule has 2 aliphatic carbocycles. The van der Waals surface area contributed by atoms with Crippen LogP contribution in [0.25, 0.3) is 5.57 Å². The summed E-state index contributed by atoms with van der Waals surface area (Å²) in [6, 6.07) is 12.9. The van der Waals surface area contributed by atoms with E-state index in [9.17, 15) is 8.78 Å². The molecule has 2 aromatic rings. The van der Waals surface area contributed by atoms with Gasteiger partial charge in [-0.2, -0.15) is 0 Å². The van der Waals surface area contributed by atoms with Gasteiger partial charge < -0.3 is 24.8 Å². The van der Waals surface area contributed by atoms with E-state index >= 15 is 0 Å². The average Bonchev–Trinajstić information content (AvgIpc) is 3.18. The average molecular weight is 569 g/mol. The number of rotatable bonds is 3. The Morgan fingerprint density at radius 1 is 0.844 bits per heavy atom. The summed E-state index contributed by atoms with van der Waals surface area (Å²) in [4.78, 5) is 0. The van der Waals surface area contributed by atoms with Crippen molar-refractivity contribution in [3.63, 3.8) is 0 Å². The monoisotopic (exact) mass is 566 g/mol. The second kappa shape index (κ2) is 10.6. The number of benzene rings is 2. The van der Waals surface area contributed by atoms with Crippen molar-refractivity contribution in [2.24, 2.45) is 5.92 Å². The third-order valence-corrected chi connectivity index (χ3v) is 25.5. The van der Waals surface area contributed by atoms with Gasteiger partial charge in [-0.05, 0) is 0 Å². The molecule has 0 N–H and O–H groups in total. The van der Waals surface area contributed by atoms with Crippen molar-refractivity contribution in [3.8, 4) is 0 Å². The molecule has 2 unspecified atom stereocenters. The smallest absolute Gasteiger partial charge is 1.00 e. The van der Waals surface area contributed by atoms with Gasteiger partial charge in [0.1, 0.15) is 0 Å². The predicted molar refractivity (Wildman–Crippen MR) is 120 cm³/mol. The molecule has 32 heavy (non-hydrogen) atoms. The Balaban J connectivity index is 0.00000181. The van der Waals surface area contributed by atoms with Crippen LogP contribution in [-0.4, -0.2) is 5.43 Å². The SMILES string of the molecule is CC1=C(C)C(C)[C]([Zr+2]([CH]2C=C(c3cccc(F)c3F)c3ccccc32)=[Si](C)C)=C1C.[Cl-].[Cl-]. The molecule has 0 amide bonds. The van der Waals surface area contributed by atoms with Gasteiger partial charge in [-0.15, -0.1) is 0 Å². The normalized spacial score (nSPS) is 19.0. The second-order valence-electron chi connectivity index (χ2n) is 8.73. The topological polar surface area (TPSA) is 0 Å². The van der Waals surface area contributed by atoms with Gasteiger partial charge in [-0.25, -0.2) is 0 Å². The Bertz CT molecular complexity index is 1190. The number of hydrogen-bond acceptors (Lipinski definition) is 0. The molecule has 0 bridgehead atoms. The maximum Gasteiger partial charge on any atom is -1.00 e. The van der Waals surface area contributed by atoms with Crippen molar-refractivity contribution >= 4 is 11.0 Å². The van der Waals surface area contributed by atoms with E-state index in [1.165, 1.54) is 28.3 Å². The molecule has 0 radical (unpaired) electrons. The Morgan fingerprint density at radius 3 is 2.06 bits per heavy atom. The minimum absolute atomic E-state index is 0. The van der Waals surface area contributed by atoms with Crippen molar-refractivity contribution < 1.29 is 54.0 Å². The number of halogens is 4. The van der Waals surface area contributed by atoms with E-state index in [0.29, 0.717) is 15.1 Å². The van der Waals surface area contributed by atoms with Gasteiger partial charge in [0, 0.05) is 0 Å². The van der Waals surface area contributed by atoms with Crippen LogP contribution >= 0.6 is 0 Å². The fourth-order valence-electron chi connectivity index (χ4n) is 5.09. The molecule has 0 saturated carbocycles. The van der Waals surface area contributed by atoms with Crippen LogP contribution in [0.5, 0.6) is 0 Å². The maximum atomic E-state index is 14.8. The largest absolute Gasteiger partial charge is 1.00 e. The van der Waals surface area contributed by atoms with E-state index in [1.54, 1.807) is 15.4 Å². The van der Waals surface area contributed by atoms with Crippen molar-refractivity contribution in [2.75, 3.05) is 0 Å². The fourth-order valence-corrected chi connectivity index (χ4v) is 24.8. The molecule has 0 nitrogen and oxygen atoms in total. The minimum Gasteiger partial charge on any atom is -1.00 e. The second-order valence-corrected chi connectivity index (χ2v) is 26.2. The van der Waals surface area contributed by atoms with E-state index in [-0.39, 0.29) is 24.8 Å². The van der Waals surface area contributed by atoms with Crippen LogP contribution in [0.4, 0.5) is 8.78 Å². The summed E-state index contributed by atoms with van der Waals surface area (Å²) in [6.07, 6.45) is 2.30. The van der Waals surface area contributed by atoms with Gasteiger partial charge in [0.25, 0.3) is 0 Å². The van der Waals surface area contributed by atoms with Crippen molar-refractivity contribution in [3.05, 3.63) is 96.9 Å². The van der Waals surface area contributed by atoms with Gasteiger partial charge in [0.05, 0.1) is 0 Å². The number of fused-ring (bicyclic) bond motifs is 1. The Labute approximate surface area is 210 Å². The molecular formula is C26H28Cl2F2SiZr. The first-order chi connectivity index (χ1) is 14.2. The Kier molecular flexibility index (Phi) is 9.12. The van der Waals surface area contributed by atoms with Crippen LogP contribution in [0.15, 0.2) is 68.5 Å². The molecule has 4 rings (SSSR count). The summed E-state index contributed by atoms with van der Waals surface area (Å²) in [6.45, 7) is 14.1. The standard InChI is InChI=1S/C15H9F2.C9H13.C2H6Si.2ClH.Zr/c16-14-7-3-6-13(15(14)17)12-9-8-10-4-1-2-5-11(10)12;1-6-5-7(2)9(4)8(6)3;1-3-2;;;/h1-9H;6H,1-4H3;1-2H3;2*1H;/q;;;;;+2/p-2. The fraction of sp³-hybridized carbons (Fsp3) is 0.308. The van der Waals surface area contributed by atoms with Crippen LogP contribution in [0.2, 0.25) is 13.1 Å². The van der Waals surface area contributed by atoms with E-state index in [4.69, 9.17) is 0 Å². The molecule has 0 aliphatic heterocycles. The molecule has 0 aromatic heterocycles. The third kappa shape index (κ3) is 4.45. The molecule has 0 spiro atoms. The number of allylic oxidation sites excluding steroid dienone is 5. The first-order valence-corrected chi connectivity index (χ1v) is 19.4. The van der Waals surface area contributed by atoms with Crippen LogP contribution in [0.3, 0.4) is 0 Å². The van der Waals surface area contributed by atoms with Gasteiger partial charge in [0.15, 0.2) is 0 Å². The summed E-state index contributed by atoms with van der Waals surface area (Å²) in [5.41, 5.74) is 7.64. The van der Waals surface area contributed by atoms with E-state index in [0.717, 1.165) is 11.1 Å². The molecular weight excluding hydrogens is 540 g/mol. The van der Waals surface area contributed by atoms with E-state index in [2.05, 4.69) is 65.1 Å². The molecule has 6 heteroatoms. The zero-order valence-corrected chi connectivity index (χ0v) is 24.3. The first kappa shape index (κ1) is 27.4. The van der Waals surface area contributed by atoms with E-state index in [1.807, 2.05) is 6.07 Å². The zero-order valence-electron chi connectivity index (χ0n) is 19.3. The molecule has 2 aromatic carbocycles. The maximum absolute atomic E-state index is 14.8. The van der Waals surface area contributed by atoms with Gasteiger partial charge >= 0.3 is 187 Å². The molecule has 0 heterocycles. The summed E-state index contributed by atoms with van der Waals surface area (Å²) < 4.78 is 30.9. The molecule has 2 atom stereocenters. The van der Waals surface area contributed by atoms with E-state index < -0.39 is 37.4 Å².